The van der Waals surface area contributed by atoms with Crippen LogP contribution in [0.2, 0.25) is 0 Å². The maximum atomic E-state index is 14.0. The van der Waals surface area contributed by atoms with E-state index in [9.17, 15) is 19.1 Å². The van der Waals surface area contributed by atoms with Crippen molar-refractivity contribution in [2.24, 2.45) is 0 Å². The van der Waals surface area contributed by atoms with Gasteiger partial charge in [-0.1, -0.05) is 12.1 Å². The number of benzene rings is 2. The number of Topliss-reactive ketones (excluding diaryl/α,β-unsaturated/α-hetero) is 1. The quantitative estimate of drug-likeness (QED) is 0.384. The number of likely N-dealkylation sites (tertiary alicyclic amines) is 1. The highest BCUT2D eigenvalue weighted by atomic mass is 19.1. The molecule has 8 heteroatoms. The molecule has 0 unspecified atom stereocenters. The zero-order valence-corrected chi connectivity index (χ0v) is 18.6. The minimum atomic E-state index is -0.917. The lowest BCUT2D eigenvalue weighted by Crippen LogP contribution is -2.32. The van der Waals surface area contributed by atoms with Gasteiger partial charge in [0.2, 0.25) is 0 Å². The van der Waals surface area contributed by atoms with Crippen molar-refractivity contribution in [3.63, 3.8) is 0 Å². The van der Waals surface area contributed by atoms with Crippen molar-refractivity contribution in [1.29, 1.82) is 0 Å². The summed E-state index contributed by atoms with van der Waals surface area (Å²) in [5, 5.41) is 11.2. The lowest BCUT2D eigenvalue weighted by atomic mass is 9.95. The molecule has 0 bridgehead atoms. The van der Waals surface area contributed by atoms with Crippen molar-refractivity contribution < 1.29 is 28.6 Å². The topological polar surface area (TPSA) is 79.3 Å². The second-order valence-electron chi connectivity index (χ2n) is 7.77. The summed E-state index contributed by atoms with van der Waals surface area (Å²) in [6.07, 6.45) is 0.609. The summed E-state index contributed by atoms with van der Waals surface area (Å²) in [6.45, 7) is 0.978. The summed E-state index contributed by atoms with van der Waals surface area (Å²) >= 11 is 0. The van der Waals surface area contributed by atoms with Crippen LogP contribution in [0.15, 0.2) is 48.0 Å². The summed E-state index contributed by atoms with van der Waals surface area (Å²) in [7, 11) is 6.75. The third-order valence-electron chi connectivity index (χ3n) is 5.37. The highest BCUT2D eigenvalue weighted by Gasteiger charge is 2.46. The summed E-state index contributed by atoms with van der Waals surface area (Å²) in [4.78, 5) is 29.3. The minimum Gasteiger partial charge on any atom is -0.507 e. The number of hydrogen-bond acceptors (Lipinski definition) is 6. The second-order valence-corrected chi connectivity index (χ2v) is 7.77. The maximum Gasteiger partial charge on any atom is 0.295 e. The average Bonchev–Trinajstić information content (AvgIpc) is 3.03. The first-order chi connectivity index (χ1) is 15.3. The number of carbonyl (C=O) groups is 2. The Morgan fingerprint density at radius 2 is 1.88 bits per heavy atom. The van der Waals surface area contributed by atoms with Crippen molar-refractivity contribution in [3.05, 3.63) is 65.0 Å². The first kappa shape index (κ1) is 23.3. The van der Waals surface area contributed by atoms with E-state index < -0.39 is 23.5 Å². The Hall–Kier alpha value is -3.39. The number of rotatable bonds is 8. The third kappa shape index (κ3) is 4.60. The smallest absolute Gasteiger partial charge is 0.295 e. The van der Waals surface area contributed by atoms with E-state index in [-0.39, 0.29) is 29.2 Å². The normalized spacial score (nSPS) is 17.8. The van der Waals surface area contributed by atoms with E-state index in [2.05, 4.69) is 0 Å². The largest absolute Gasteiger partial charge is 0.507 e. The van der Waals surface area contributed by atoms with Crippen LogP contribution in [-0.2, 0) is 9.59 Å². The second kappa shape index (κ2) is 9.82. The fourth-order valence-corrected chi connectivity index (χ4v) is 3.83. The van der Waals surface area contributed by atoms with E-state index >= 15 is 0 Å². The molecule has 1 fully saturated rings. The van der Waals surface area contributed by atoms with Crippen LogP contribution in [0.1, 0.15) is 23.6 Å². The molecule has 0 aliphatic carbocycles. The Kier molecular flexibility index (Phi) is 7.15. The number of halogens is 1. The molecule has 32 heavy (non-hydrogen) atoms. The molecule has 170 valence electrons. The molecule has 1 atom stereocenters. The Morgan fingerprint density at radius 3 is 2.50 bits per heavy atom. The van der Waals surface area contributed by atoms with E-state index in [1.807, 2.05) is 19.0 Å². The van der Waals surface area contributed by atoms with Crippen LogP contribution in [0.5, 0.6) is 11.5 Å². The molecule has 1 heterocycles. The van der Waals surface area contributed by atoms with Gasteiger partial charge in [-0.15, -0.1) is 0 Å². The molecule has 1 amide bonds. The molecule has 2 aromatic rings. The van der Waals surface area contributed by atoms with Gasteiger partial charge in [0, 0.05) is 12.6 Å². The number of amides is 1. The van der Waals surface area contributed by atoms with Gasteiger partial charge >= 0.3 is 0 Å². The van der Waals surface area contributed by atoms with Gasteiger partial charge in [-0.2, -0.15) is 0 Å². The number of aliphatic hydroxyl groups is 1. The summed E-state index contributed by atoms with van der Waals surface area (Å²) in [5.74, 6) is -1.65. The Bertz CT molecular complexity index is 1050. The monoisotopic (exact) mass is 442 g/mol. The van der Waals surface area contributed by atoms with Gasteiger partial charge in [0.05, 0.1) is 31.4 Å². The van der Waals surface area contributed by atoms with E-state index in [4.69, 9.17) is 9.47 Å². The van der Waals surface area contributed by atoms with Crippen LogP contribution >= 0.6 is 0 Å². The van der Waals surface area contributed by atoms with Crippen molar-refractivity contribution in [3.8, 4) is 11.5 Å². The van der Waals surface area contributed by atoms with Gasteiger partial charge in [0.15, 0.2) is 0 Å². The predicted octanol–water partition coefficient (Wildman–Crippen LogP) is 3.22. The van der Waals surface area contributed by atoms with Crippen molar-refractivity contribution >= 4 is 17.4 Å². The zero-order chi connectivity index (χ0) is 23.4. The lowest BCUT2D eigenvalue weighted by molar-refractivity contribution is -0.139. The molecular formula is C24H27FN2O5. The summed E-state index contributed by atoms with van der Waals surface area (Å²) < 4.78 is 24.6. The Morgan fingerprint density at radius 1 is 1.12 bits per heavy atom. The number of nitrogens with zero attached hydrogens (tertiary/aromatic N) is 2. The van der Waals surface area contributed by atoms with Crippen molar-refractivity contribution in [1.82, 2.24) is 9.80 Å². The fraction of sp³-hybridized carbons (Fsp3) is 0.333. The van der Waals surface area contributed by atoms with Gasteiger partial charge < -0.3 is 24.4 Å². The molecule has 1 aliphatic heterocycles. The van der Waals surface area contributed by atoms with Gasteiger partial charge in [0.1, 0.15) is 23.1 Å². The first-order valence-electron chi connectivity index (χ1n) is 10.2. The fourth-order valence-electron chi connectivity index (χ4n) is 3.83. The molecule has 1 saturated heterocycles. The maximum absolute atomic E-state index is 14.0. The van der Waals surface area contributed by atoms with Crippen molar-refractivity contribution in [2.75, 3.05) is 41.4 Å². The van der Waals surface area contributed by atoms with E-state index in [1.165, 1.54) is 37.3 Å². The Balaban J connectivity index is 2.15. The number of ketones is 1. The van der Waals surface area contributed by atoms with Gasteiger partial charge in [-0.05, 0) is 56.9 Å². The molecule has 1 aliphatic rings. The standard InChI is InChI=1S/C24H27FN2O5/c1-26(2)11-6-12-27-21(15-7-5-8-16(25)13-15)20(23(29)24(27)30)22(28)18-10-9-17(31-3)14-19(18)32-4/h5,7-10,13-14,21,28H,6,11-12H2,1-4H3/b22-20+/t21-/m0/s1. The van der Waals surface area contributed by atoms with Gasteiger partial charge in [-0.25, -0.2) is 4.39 Å². The van der Waals surface area contributed by atoms with E-state index in [0.717, 1.165) is 0 Å². The van der Waals surface area contributed by atoms with Crippen LogP contribution in [-0.4, -0.2) is 68.0 Å². The average molecular weight is 442 g/mol. The first-order valence-corrected chi connectivity index (χ1v) is 10.2. The molecule has 3 rings (SSSR count). The summed E-state index contributed by atoms with van der Waals surface area (Å²) in [5.41, 5.74) is 0.540. The van der Waals surface area contributed by atoms with Crippen LogP contribution < -0.4 is 9.47 Å². The van der Waals surface area contributed by atoms with Crippen LogP contribution in [0.3, 0.4) is 0 Å². The third-order valence-corrected chi connectivity index (χ3v) is 5.37. The van der Waals surface area contributed by atoms with Crippen LogP contribution in [0, 0.1) is 5.82 Å². The number of hydrogen-bond donors (Lipinski definition) is 1. The van der Waals surface area contributed by atoms with Gasteiger partial charge in [0.25, 0.3) is 11.7 Å². The zero-order valence-electron chi connectivity index (χ0n) is 18.6. The molecule has 0 spiro atoms. The number of methoxy groups -OCH3 is 2. The molecule has 1 N–H and O–H groups in total. The number of carbonyl (C=O) groups excluding carboxylic acids is 2. The highest BCUT2D eigenvalue weighted by molar-refractivity contribution is 6.46. The molecular weight excluding hydrogens is 415 g/mol. The SMILES string of the molecule is COc1ccc(/C(O)=C2\C(=O)C(=O)N(CCCN(C)C)[C@H]2c2cccc(F)c2)c(OC)c1. The number of aliphatic hydroxyl groups excluding tert-OH is 1. The molecule has 0 aromatic heterocycles. The Labute approximate surface area is 186 Å². The molecule has 7 nitrogen and oxygen atoms in total. The predicted molar refractivity (Wildman–Crippen MR) is 118 cm³/mol. The van der Waals surface area contributed by atoms with Crippen LogP contribution in [0.4, 0.5) is 4.39 Å². The molecule has 0 radical (unpaired) electrons. The van der Waals surface area contributed by atoms with E-state index in [0.29, 0.717) is 24.3 Å². The molecule has 2 aromatic carbocycles. The van der Waals surface area contributed by atoms with Crippen molar-refractivity contribution in [2.45, 2.75) is 12.5 Å². The van der Waals surface area contributed by atoms with E-state index in [1.54, 1.807) is 24.3 Å². The number of ether oxygens (including phenoxy) is 2. The minimum absolute atomic E-state index is 0.103. The molecule has 0 saturated carbocycles. The van der Waals surface area contributed by atoms with Gasteiger partial charge in [-0.3, -0.25) is 9.59 Å². The summed E-state index contributed by atoms with van der Waals surface area (Å²) in [6, 6.07) is 9.52. The highest BCUT2D eigenvalue weighted by Crippen LogP contribution is 2.41. The lowest BCUT2D eigenvalue weighted by Gasteiger charge is -2.26. The van der Waals surface area contributed by atoms with Crippen LogP contribution in [0.25, 0.3) is 5.76 Å².